The van der Waals surface area contributed by atoms with Gasteiger partial charge in [-0.1, -0.05) is 49.4 Å². The average molecular weight is 276 g/mol. The van der Waals surface area contributed by atoms with Crippen LogP contribution in [-0.2, 0) is 6.42 Å². The highest BCUT2D eigenvalue weighted by molar-refractivity contribution is 5.76. The van der Waals surface area contributed by atoms with Crippen LogP contribution in [0, 0.1) is 0 Å². The number of hydrogen-bond acceptors (Lipinski definition) is 0. The first kappa shape index (κ1) is 16.4. The van der Waals surface area contributed by atoms with Gasteiger partial charge in [0.25, 0.3) is 5.92 Å². The summed E-state index contributed by atoms with van der Waals surface area (Å²) in [4.78, 5) is 0. The Labute approximate surface area is 120 Å². The fourth-order valence-corrected chi connectivity index (χ4v) is 1.97. The van der Waals surface area contributed by atoms with E-state index in [1.54, 1.807) is 13.0 Å². The largest absolute Gasteiger partial charge is 0.270 e. The number of alkyl halides is 2. The molecule has 0 fully saturated rings. The standard InChI is InChI=1S/C18H22F2/c1-5-8-16(13-17(7-3)18(4,19)20)15-11-9-14(6-2)10-12-15/h5,7-13H,6H2,1-4H3/b8-5-,16-13+,17-7+. The molecule has 0 atom stereocenters. The molecule has 108 valence electrons. The van der Waals surface area contributed by atoms with Crippen LogP contribution < -0.4 is 0 Å². The molecule has 20 heavy (non-hydrogen) atoms. The molecular weight excluding hydrogens is 254 g/mol. The van der Waals surface area contributed by atoms with Gasteiger partial charge >= 0.3 is 0 Å². The first-order chi connectivity index (χ1) is 9.42. The summed E-state index contributed by atoms with van der Waals surface area (Å²) in [6, 6.07) is 8.02. The van der Waals surface area contributed by atoms with Crippen LogP contribution >= 0.6 is 0 Å². The van der Waals surface area contributed by atoms with Gasteiger partial charge in [0.05, 0.1) is 0 Å². The predicted molar refractivity (Wildman–Crippen MR) is 83.0 cm³/mol. The minimum absolute atomic E-state index is 0.0326. The molecule has 0 unspecified atom stereocenters. The zero-order valence-electron chi connectivity index (χ0n) is 12.6. The maximum Gasteiger partial charge on any atom is 0.270 e. The topological polar surface area (TPSA) is 0 Å². The van der Waals surface area contributed by atoms with Gasteiger partial charge in [0.2, 0.25) is 0 Å². The molecule has 1 rings (SSSR count). The molecule has 1 aromatic rings. The van der Waals surface area contributed by atoms with Crippen LogP contribution in [0.3, 0.4) is 0 Å². The molecule has 0 aliphatic rings. The third-order valence-electron chi connectivity index (χ3n) is 3.17. The zero-order valence-corrected chi connectivity index (χ0v) is 12.6. The molecule has 0 bridgehead atoms. The summed E-state index contributed by atoms with van der Waals surface area (Å²) in [6.07, 6.45) is 7.71. The Balaban J connectivity index is 3.23. The highest BCUT2D eigenvalue weighted by Crippen LogP contribution is 2.28. The summed E-state index contributed by atoms with van der Waals surface area (Å²) in [6.45, 7) is 6.53. The van der Waals surface area contributed by atoms with Gasteiger partial charge in [0.15, 0.2) is 0 Å². The summed E-state index contributed by atoms with van der Waals surface area (Å²) in [5, 5.41) is 0. The monoisotopic (exact) mass is 276 g/mol. The van der Waals surface area contributed by atoms with Gasteiger partial charge in [-0.3, -0.25) is 0 Å². The zero-order chi connectivity index (χ0) is 15.2. The molecule has 0 saturated heterocycles. The van der Waals surface area contributed by atoms with Crippen molar-refractivity contribution in [3.63, 3.8) is 0 Å². The maximum absolute atomic E-state index is 13.5. The number of hydrogen-bond donors (Lipinski definition) is 0. The predicted octanol–water partition coefficient (Wildman–Crippen LogP) is 5.81. The van der Waals surface area contributed by atoms with E-state index in [-0.39, 0.29) is 5.57 Å². The Hall–Kier alpha value is -1.70. The average Bonchev–Trinajstić information content (AvgIpc) is 2.42. The van der Waals surface area contributed by atoms with E-state index in [9.17, 15) is 8.78 Å². The van der Waals surface area contributed by atoms with E-state index in [0.29, 0.717) is 0 Å². The van der Waals surface area contributed by atoms with E-state index in [0.717, 1.165) is 24.5 Å². The number of allylic oxidation sites excluding steroid dienone is 6. The Kier molecular flexibility index (Phi) is 5.87. The second-order valence-electron chi connectivity index (χ2n) is 4.78. The van der Waals surface area contributed by atoms with Crippen molar-refractivity contribution < 1.29 is 8.78 Å². The van der Waals surface area contributed by atoms with Gasteiger partial charge in [-0.25, -0.2) is 8.78 Å². The van der Waals surface area contributed by atoms with Gasteiger partial charge in [-0.15, -0.1) is 0 Å². The molecule has 0 radical (unpaired) electrons. The van der Waals surface area contributed by atoms with Crippen LogP contribution in [0.2, 0.25) is 0 Å². The van der Waals surface area contributed by atoms with E-state index in [1.165, 1.54) is 11.6 Å². The van der Waals surface area contributed by atoms with Crippen LogP contribution in [0.5, 0.6) is 0 Å². The Morgan fingerprint density at radius 1 is 1.15 bits per heavy atom. The molecule has 0 nitrogen and oxygen atoms in total. The van der Waals surface area contributed by atoms with Crippen LogP contribution in [0.4, 0.5) is 8.78 Å². The molecule has 0 heterocycles. The van der Waals surface area contributed by atoms with Crippen molar-refractivity contribution in [1.82, 2.24) is 0 Å². The fraction of sp³-hybridized carbons (Fsp3) is 0.333. The van der Waals surface area contributed by atoms with Crippen LogP contribution in [0.15, 0.2) is 54.1 Å². The quantitative estimate of drug-likeness (QED) is 0.595. The smallest absolute Gasteiger partial charge is 0.202 e. The molecule has 0 amide bonds. The lowest BCUT2D eigenvalue weighted by atomic mass is 9.98. The van der Waals surface area contributed by atoms with Crippen LogP contribution in [-0.4, -0.2) is 5.92 Å². The van der Waals surface area contributed by atoms with Crippen molar-refractivity contribution in [2.24, 2.45) is 0 Å². The lowest BCUT2D eigenvalue weighted by molar-refractivity contribution is 0.0674. The molecule has 0 N–H and O–H groups in total. The molecule has 1 aromatic carbocycles. The minimum atomic E-state index is -2.83. The molecule has 0 aliphatic heterocycles. The summed E-state index contributed by atoms with van der Waals surface area (Å²) in [5.74, 6) is -2.83. The van der Waals surface area contributed by atoms with Crippen molar-refractivity contribution in [2.75, 3.05) is 0 Å². The third kappa shape index (κ3) is 4.44. The maximum atomic E-state index is 13.5. The first-order valence-electron chi connectivity index (χ1n) is 6.90. The number of aryl methyl sites for hydroxylation is 1. The van der Waals surface area contributed by atoms with E-state index in [2.05, 4.69) is 6.92 Å². The second kappa shape index (κ2) is 7.18. The summed E-state index contributed by atoms with van der Waals surface area (Å²) >= 11 is 0. The third-order valence-corrected chi connectivity index (χ3v) is 3.17. The molecule has 0 aromatic heterocycles. The lowest BCUT2D eigenvalue weighted by Crippen LogP contribution is -2.12. The van der Waals surface area contributed by atoms with Crippen molar-refractivity contribution in [1.29, 1.82) is 0 Å². The van der Waals surface area contributed by atoms with Gasteiger partial charge in [0, 0.05) is 12.5 Å². The first-order valence-corrected chi connectivity index (χ1v) is 6.90. The van der Waals surface area contributed by atoms with Crippen LogP contribution in [0.1, 0.15) is 38.8 Å². The molecule has 0 spiro atoms. The molecule has 0 aliphatic carbocycles. The Morgan fingerprint density at radius 2 is 1.75 bits per heavy atom. The highest BCUT2D eigenvalue weighted by Gasteiger charge is 2.25. The second-order valence-corrected chi connectivity index (χ2v) is 4.78. The van der Waals surface area contributed by atoms with E-state index < -0.39 is 5.92 Å². The fourth-order valence-electron chi connectivity index (χ4n) is 1.97. The summed E-state index contributed by atoms with van der Waals surface area (Å²) in [7, 11) is 0. The normalized spacial score (nSPS) is 14.1. The highest BCUT2D eigenvalue weighted by atomic mass is 19.3. The van der Waals surface area contributed by atoms with E-state index in [1.807, 2.05) is 43.3 Å². The summed E-state index contributed by atoms with van der Waals surface area (Å²) in [5.41, 5.74) is 3.01. The van der Waals surface area contributed by atoms with E-state index in [4.69, 9.17) is 0 Å². The SMILES string of the molecule is C\C=C/C(=C\C(=C/C)C(C)(F)F)c1ccc(CC)cc1. The van der Waals surface area contributed by atoms with Crippen LogP contribution in [0.25, 0.3) is 5.57 Å². The number of halogens is 2. The van der Waals surface area contributed by atoms with Gasteiger partial charge in [-0.05, 0) is 43.0 Å². The lowest BCUT2D eigenvalue weighted by Gasteiger charge is -2.13. The number of benzene rings is 1. The summed E-state index contributed by atoms with van der Waals surface area (Å²) < 4.78 is 27.0. The van der Waals surface area contributed by atoms with Crippen molar-refractivity contribution >= 4 is 5.57 Å². The molecule has 0 saturated carbocycles. The van der Waals surface area contributed by atoms with Gasteiger partial charge in [-0.2, -0.15) is 0 Å². The molecular formula is C18H22F2. The van der Waals surface area contributed by atoms with E-state index >= 15 is 0 Å². The van der Waals surface area contributed by atoms with Crippen molar-refractivity contribution in [2.45, 2.75) is 40.0 Å². The van der Waals surface area contributed by atoms with Crippen molar-refractivity contribution in [3.05, 3.63) is 65.3 Å². The van der Waals surface area contributed by atoms with Crippen molar-refractivity contribution in [3.8, 4) is 0 Å². The van der Waals surface area contributed by atoms with Gasteiger partial charge < -0.3 is 0 Å². The number of rotatable bonds is 5. The Morgan fingerprint density at radius 3 is 2.15 bits per heavy atom. The minimum Gasteiger partial charge on any atom is -0.202 e. The van der Waals surface area contributed by atoms with Gasteiger partial charge in [0.1, 0.15) is 0 Å². The molecule has 2 heteroatoms. The Bertz CT molecular complexity index is 511.